The number of amides is 1. The van der Waals surface area contributed by atoms with E-state index in [1.54, 1.807) is 13.8 Å². The van der Waals surface area contributed by atoms with Gasteiger partial charge in [-0.05, 0) is 26.3 Å². The number of ether oxygens (including phenoxy) is 1. The molecule has 102 valence electrons. The predicted octanol–water partition coefficient (Wildman–Crippen LogP) is 2.37. The van der Waals surface area contributed by atoms with E-state index in [2.05, 4.69) is 5.32 Å². The second kappa shape index (κ2) is 7.36. The molecule has 1 N–H and O–H groups in total. The molecule has 0 aliphatic carbocycles. The molecule has 0 radical (unpaired) electrons. The Morgan fingerprint density at radius 2 is 1.89 bits per heavy atom. The second-order valence-electron chi connectivity index (χ2n) is 4.53. The molecule has 0 spiro atoms. The highest BCUT2D eigenvalue weighted by atomic mass is 16.5. The zero-order valence-electron chi connectivity index (χ0n) is 11.5. The van der Waals surface area contributed by atoms with E-state index in [0.29, 0.717) is 0 Å². The van der Waals surface area contributed by atoms with Gasteiger partial charge < -0.3 is 10.1 Å². The van der Waals surface area contributed by atoms with Crippen molar-refractivity contribution in [1.29, 1.82) is 0 Å². The molecule has 1 aromatic rings. The number of hydrogen-bond donors (Lipinski definition) is 1. The van der Waals surface area contributed by atoms with Gasteiger partial charge in [-0.1, -0.05) is 35.9 Å². The molecular formula is C15H19NO3. The maximum Gasteiger partial charge on any atom is 0.331 e. The molecule has 0 unspecified atom stereocenters. The quantitative estimate of drug-likeness (QED) is 0.654. The van der Waals surface area contributed by atoms with Crippen molar-refractivity contribution in [2.45, 2.75) is 26.8 Å². The van der Waals surface area contributed by atoms with Crippen LogP contribution in [0.3, 0.4) is 0 Å². The molecule has 0 aliphatic rings. The Hall–Kier alpha value is -2.10. The van der Waals surface area contributed by atoms with Gasteiger partial charge in [0.05, 0.1) is 6.04 Å². The molecule has 0 saturated heterocycles. The van der Waals surface area contributed by atoms with Crippen LogP contribution in [0.4, 0.5) is 0 Å². The number of hydrogen-bond acceptors (Lipinski definition) is 3. The molecular weight excluding hydrogens is 242 g/mol. The topological polar surface area (TPSA) is 55.4 Å². The number of benzene rings is 1. The maximum atomic E-state index is 11.6. The van der Waals surface area contributed by atoms with E-state index in [-0.39, 0.29) is 18.6 Å². The van der Waals surface area contributed by atoms with E-state index in [0.717, 1.165) is 11.1 Å². The van der Waals surface area contributed by atoms with Crippen molar-refractivity contribution in [3.63, 3.8) is 0 Å². The first-order chi connectivity index (χ1) is 8.99. The van der Waals surface area contributed by atoms with Crippen molar-refractivity contribution in [3.05, 3.63) is 47.5 Å². The minimum Gasteiger partial charge on any atom is -0.452 e. The van der Waals surface area contributed by atoms with Gasteiger partial charge >= 0.3 is 5.97 Å². The van der Waals surface area contributed by atoms with Gasteiger partial charge in [0.25, 0.3) is 5.91 Å². The smallest absolute Gasteiger partial charge is 0.331 e. The Labute approximate surface area is 113 Å². The normalized spacial score (nSPS) is 11.3. The van der Waals surface area contributed by atoms with E-state index in [1.165, 1.54) is 6.08 Å². The van der Waals surface area contributed by atoms with Gasteiger partial charge in [0.2, 0.25) is 0 Å². The monoisotopic (exact) mass is 261 g/mol. The van der Waals surface area contributed by atoms with Crippen LogP contribution in [0, 0.1) is 0 Å². The highest BCUT2D eigenvalue weighted by Crippen LogP contribution is 2.10. The lowest BCUT2D eigenvalue weighted by molar-refractivity contribution is -0.144. The first-order valence-electron chi connectivity index (χ1n) is 6.15. The lowest BCUT2D eigenvalue weighted by Gasteiger charge is -2.14. The Kier molecular flexibility index (Phi) is 5.79. The van der Waals surface area contributed by atoms with Gasteiger partial charge in [0.1, 0.15) is 0 Å². The lowest BCUT2D eigenvalue weighted by Crippen LogP contribution is -2.30. The van der Waals surface area contributed by atoms with Crippen LogP contribution in [0.15, 0.2) is 42.0 Å². The van der Waals surface area contributed by atoms with Gasteiger partial charge in [-0.3, -0.25) is 4.79 Å². The first kappa shape index (κ1) is 15.0. The van der Waals surface area contributed by atoms with E-state index in [1.807, 2.05) is 37.3 Å². The fourth-order valence-electron chi connectivity index (χ4n) is 1.52. The summed E-state index contributed by atoms with van der Waals surface area (Å²) in [7, 11) is 0. The van der Waals surface area contributed by atoms with E-state index < -0.39 is 5.97 Å². The minimum absolute atomic E-state index is 0.115. The summed E-state index contributed by atoms with van der Waals surface area (Å²) < 4.78 is 4.82. The van der Waals surface area contributed by atoms with Gasteiger partial charge in [-0.2, -0.15) is 0 Å². The van der Waals surface area contributed by atoms with Crippen LogP contribution >= 0.6 is 0 Å². The largest absolute Gasteiger partial charge is 0.452 e. The van der Waals surface area contributed by atoms with Crippen molar-refractivity contribution < 1.29 is 14.3 Å². The predicted molar refractivity (Wildman–Crippen MR) is 73.4 cm³/mol. The number of allylic oxidation sites excluding steroid dienone is 1. The number of esters is 1. The second-order valence-corrected chi connectivity index (χ2v) is 4.53. The fraction of sp³-hybridized carbons (Fsp3) is 0.333. The number of rotatable bonds is 5. The summed E-state index contributed by atoms with van der Waals surface area (Å²) in [5, 5.41) is 2.77. The molecule has 4 nitrogen and oxygen atoms in total. The van der Waals surface area contributed by atoms with Crippen LogP contribution < -0.4 is 5.32 Å². The summed E-state index contributed by atoms with van der Waals surface area (Å²) in [5.41, 5.74) is 1.84. The SMILES string of the molecule is CC(C)=CC(=O)OCC(=O)N[C@@H](C)c1ccccc1. The standard InChI is InChI=1S/C15H19NO3/c1-11(2)9-15(18)19-10-14(17)16-12(3)13-7-5-4-6-8-13/h4-9,12H,10H2,1-3H3,(H,16,17)/t12-/m0/s1. The van der Waals surface area contributed by atoms with Crippen molar-refractivity contribution in [2.75, 3.05) is 6.61 Å². The van der Waals surface area contributed by atoms with Crippen LogP contribution in [0.2, 0.25) is 0 Å². The highest BCUT2D eigenvalue weighted by Gasteiger charge is 2.10. The zero-order valence-corrected chi connectivity index (χ0v) is 11.5. The Morgan fingerprint density at radius 1 is 1.26 bits per heavy atom. The Morgan fingerprint density at radius 3 is 2.47 bits per heavy atom. The third-order valence-corrected chi connectivity index (χ3v) is 2.43. The summed E-state index contributed by atoms with van der Waals surface area (Å²) in [4.78, 5) is 22.8. The van der Waals surface area contributed by atoms with Crippen LogP contribution in [0.1, 0.15) is 32.4 Å². The molecule has 0 fully saturated rings. The number of carbonyl (C=O) groups is 2. The molecule has 1 atom stereocenters. The summed E-state index contributed by atoms with van der Waals surface area (Å²) in [6.07, 6.45) is 1.36. The summed E-state index contributed by atoms with van der Waals surface area (Å²) in [6, 6.07) is 9.48. The average Bonchev–Trinajstić information content (AvgIpc) is 2.36. The lowest BCUT2D eigenvalue weighted by atomic mass is 10.1. The van der Waals surface area contributed by atoms with Crippen molar-refractivity contribution in [3.8, 4) is 0 Å². The van der Waals surface area contributed by atoms with Gasteiger partial charge in [0, 0.05) is 6.08 Å². The summed E-state index contributed by atoms with van der Waals surface area (Å²) >= 11 is 0. The third-order valence-electron chi connectivity index (χ3n) is 2.43. The highest BCUT2D eigenvalue weighted by molar-refractivity contribution is 5.86. The van der Waals surface area contributed by atoms with E-state index >= 15 is 0 Å². The number of nitrogens with one attached hydrogen (secondary N) is 1. The Bertz CT molecular complexity index is 462. The average molecular weight is 261 g/mol. The van der Waals surface area contributed by atoms with E-state index in [4.69, 9.17) is 4.74 Å². The van der Waals surface area contributed by atoms with Crippen molar-refractivity contribution in [1.82, 2.24) is 5.32 Å². The van der Waals surface area contributed by atoms with Crippen molar-refractivity contribution >= 4 is 11.9 Å². The molecule has 1 rings (SSSR count). The summed E-state index contributed by atoms with van der Waals surface area (Å²) in [5.74, 6) is -0.811. The molecule has 4 heteroatoms. The molecule has 1 amide bonds. The van der Waals surface area contributed by atoms with E-state index in [9.17, 15) is 9.59 Å². The molecule has 0 aliphatic heterocycles. The maximum absolute atomic E-state index is 11.6. The van der Waals surface area contributed by atoms with Crippen LogP contribution in [-0.2, 0) is 14.3 Å². The summed E-state index contributed by atoms with van der Waals surface area (Å²) in [6.45, 7) is 5.20. The molecule has 1 aromatic carbocycles. The zero-order chi connectivity index (χ0) is 14.3. The minimum atomic E-state index is -0.498. The van der Waals surface area contributed by atoms with Crippen LogP contribution in [0.5, 0.6) is 0 Å². The number of carbonyl (C=O) groups excluding carboxylic acids is 2. The fourth-order valence-corrected chi connectivity index (χ4v) is 1.52. The Balaban J connectivity index is 2.40. The molecule has 0 saturated carbocycles. The van der Waals surface area contributed by atoms with Gasteiger partial charge in [-0.15, -0.1) is 0 Å². The van der Waals surface area contributed by atoms with Crippen LogP contribution in [0.25, 0.3) is 0 Å². The molecule has 0 bridgehead atoms. The van der Waals surface area contributed by atoms with Crippen LogP contribution in [-0.4, -0.2) is 18.5 Å². The first-order valence-corrected chi connectivity index (χ1v) is 6.15. The molecule has 0 heterocycles. The van der Waals surface area contributed by atoms with Gasteiger partial charge in [-0.25, -0.2) is 4.79 Å². The molecule has 0 aromatic heterocycles. The van der Waals surface area contributed by atoms with Gasteiger partial charge in [0.15, 0.2) is 6.61 Å². The molecule has 19 heavy (non-hydrogen) atoms. The third kappa shape index (κ3) is 5.86. The van der Waals surface area contributed by atoms with Crippen molar-refractivity contribution in [2.24, 2.45) is 0 Å².